The average molecular weight is 273 g/mol. The highest BCUT2D eigenvalue weighted by atomic mass is 16.5. The van der Waals surface area contributed by atoms with Crippen molar-refractivity contribution in [2.75, 3.05) is 0 Å². The Balaban J connectivity index is 1.92. The van der Waals surface area contributed by atoms with E-state index in [-0.39, 0.29) is 17.4 Å². The second-order valence-corrected chi connectivity index (χ2v) is 5.93. The van der Waals surface area contributed by atoms with Crippen LogP contribution >= 0.6 is 0 Å². The first kappa shape index (κ1) is 13.2. The molecule has 0 atom stereocenters. The summed E-state index contributed by atoms with van der Waals surface area (Å²) >= 11 is 0. The van der Waals surface area contributed by atoms with Crippen LogP contribution in [0.2, 0.25) is 0 Å². The van der Waals surface area contributed by atoms with Crippen LogP contribution in [-0.2, 0) is 0 Å². The van der Waals surface area contributed by atoms with E-state index < -0.39 is 0 Å². The van der Waals surface area contributed by atoms with E-state index >= 15 is 0 Å². The molecule has 0 radical (unpaired) electrons. The Morgan fingerprint density at radius 3 is 2.45 bits per heavy atom. The first-order valence-corrected chi connectivity index (χ1v) is 7.27. The van der Waals surface area contributed by atoms with E-state index in [0.717, 1.165) is 25.7 Å². The molecule has 0 unspecified atom stereocenters. The van der Waals surface area contributed by atoms with Gasteiger partial charge in [-0.25, -0.2) is 0 Å². The van der Waals surface area contributed by atoms with Crippen LogP contribution in [0.3, 0.4) is 0 Å². The molecule has 0 aromatic heterocycles. The molecule has 1 aliphatic carbocycles. The van der Waals surface area contributed by atoms with Crippen LogP contribution in [0.5, 0.6) is 5.75 Å². The monoisotopic (exact) mass is 273 g/mol. The number of fused-ring (bicyclic) bond motifs is 1. The predicted molar refractivity (Wildman–Crippen MR) is 75.0 cm³/mol. The van der Waals surface area contributed by atoms with Gasteiger partial charge in [0.05, 0.1) is 11.1 Å². The SMILES string of the molecule is CC1(Oc2cccc3c2C(=O)NC3=O)CCCCCC1. The maximum Gasteiger partial charge on any atom is 0.262 e. The molecular weight excluding hydrogens is 254 g/mol. The maximum atomic E-state index is 11.9. The highest BCUT2D eigenvalue weighted by molar-refractivity contribution is 6.22. The number of carbonyl (C=O) groups is 2. The topological polar surface area (TPSA) is 55.4 Å². The van der Waals surface area contributed by atoms with Crippen LogP contribution in [0.4, 0.5) is 0 Å². The van der Waals surface area contributed by atoms with Gasteiger partial charge in [0.2, 0.25) is 0 Å². The molecule has 1 aliphatic heterocycles. The standard InChI is InChI=1S/C16H19NO3/c1-16(9-4-2-3-5-10-16)20-12-8-6-7-11-13(12)15(19)17-14(11)18/h6-8H,2-5,9-10H2,1H3,(H,17,18,19). The lowest BCUT2D eigenvalue weighted by Gasteiger charge is -2.30. The van der Waals surface area contributed by atoms with Gasteiger partial charge in [0.15, 0.2) is 0 Å². The lowest BCUT2D eigenvalue weighted by atomic mass is 9.96. The summed E-state index contributed by atoms with van der Waals surface area (Å²) < 4.78 is 6.17. The molecule has 3 rings (SSSR count). The summed E-state index contributed by atoms with van der Waals surface area (Å²) in [6, 6.07) is 5.22. The Hall–Kier alpha value is -1.84. The number of amides is 2. The number of carbonyl (C=O) groups excluding carboxylic acids is 2. The molecule has 0 spiro atoms. The molecule has 2 amide bonds. The van der Waals surface area contributed by atoms with E-state index in [0.29, 0.717) is 16.9 Å². The minimum atomic E-state index is -0.349. The molecule has 1 aromatic carbocycles. The number of benzene rings is 1. The number of rotatable bonds is 2. The number of imide groups is 1. The summed E-state index contributed by atoms with van der Waals surface area (Å²) in [6.07, 6.45) is 6.77. The highest BCUT2D eigenvalue weighted by Gasteiger charge is 2.34. The van der Waals surface area contributed by atoms with Crippen molar-refractivity contribution in [3.05, 3.63) is 29.3 Å². The maximum absolute atomic E-state index is 11.9. The molecular formula is C16H19NO3. The van der Waals surface area contributed by atoms with Gasteiger partial charge in [-0.15, -0.1) is 0 Å². The third-order valence-corrected chi connectivity index (χ3v) is 4.24. The fourth-order valence-corrected chi connectivity index (χ4v) is 3.12. The zero-order chi connectivity index (χ0) is 14.2. The molecule has 1 heterocycles. The zero-order valence-electron chi connectivity index (χ0n) is 11.7. The van der Waals surface area contributed by atoms with Crippen LogP contribution in [0.15, 0.2) is 18.2 Å². The molecule has 0 saturated heterocycles. The van der Waals surface area contributed by atoms with Crippen molar-refractivity contribution in [2.24, 2.45) is 0 Å². The lowest BCUT2D eigenvalue weighted by molar-refractivity contribution is 0.0699. The van der Waals surface area contributed by atoms with Gasteiger partial charge in [-0.2, -0.15) is 0 Å². The number of hydrogen-bond acceptors (Lipinski definition) is 3. The van der Waals surface area contributed by atoms with E-state index in [1.54, 1.807) is 18.2 Å². The van der Waals surface area contributed by atoms with Gasteiger partial charge < -0.3 is 4.74 Å². The van der Waals surface area contributed by atoms with Gasteiger partial charge in [-0.1, -0.05) is 18.9 Å². The lowest BCUT2D eigenvalue weighted by Crippen LogP contribution is -2.32. The molecule has 4 nitrogen and oxygen atoms in total. The molecule has 1 saturated carbocycles. The Morgan fingerprint density at radius 2 is 1.75 bits per heavy atom. The van der Waals surface area contributed by atoms with Crippen LogP contribution in [0.25, 0.3) is 0 Å². The Kier molecular flexibility index (Phi) is 3.24. The fourth-order valence-electron chi connectivity index (χ4n) is 3.12. The summed E-state index contributed by atoms with van der Waals surface area (Å²) in [5.41, 5.74) is 0.574. The van der Waals surface area contributed by atoms with Crippen molar-refractivity contribution < 1.29 is 14.3 Å². The summed E-state index contributed by atoms with van der Waals surface area (Å²) in [5, 5.41) is 2.33. The van der Waals surface area contributed by atoms with Crippen LogP contribution < -0.4 is 10.1 Å². The third kappa shape index (κ3) is 2.30. The van der Waals surface area contributed by atoms with Gasteiger partial charge >= 0.3 is 0 Å². The first-order valence-electron chi connectivity index (χ1n) is 7.27. The summed E-state index contributed by atoms with van der Waals surface area (Å²) in [4.78, 5) is 23.6. The molecule has 20 heavy (non-hydrogen) atoms. The third-order valence-electron chi connectivity index (χ3n) is 4.24. The van der Waals surface area contributed by atoms with Gasteiger partial charge in [-0.05, 0) is 44.7 Å². The van der Waals surface area contributed by atoms with Gasteiger partial charge in [0.25, 0.3) is 11.8 Å². The minimum Gasteiger partial charge on any atom is -0.487 e. The molecule has 1 aromatic rings. The quantitative estimate of drug-likeness (QED) is 0.665. The number of ether oxygens (including phenoxy) is 1. The van der Waals surface area contributed by atoms with E-state index in [9.17, 15) is 9.59 Å². The van der Waals surface area contributed by atoms with Crippen LogP contribution in [0.1, 0.15) is 66.2 Å². The van der Waals surface area contributed by atoms with Crippen molar-refractivity contribution in [2.45, 2.75) is 51.0 Å². The Morgan fingerprint density at radius 1 is 1.05 bits per heavy atom. The van der Waals surface area contributed by atoms with Crippen molar-refractivity contribution in [3.63, 3.8) is 0 Å². The van der Waals surface area contributed by atoms with E-state index in [2.05, 4.69) is 12.2 Å². The second kappa shape index (κ2) is 4.93. The van der Waals surface area contributed by atoms with E-state index in [4.69, 9.17) is 4.74 Å². The van der Waals surface area contributed by atoms with Crippen LogP contribution in [-0.4, -0.2) is 17.4 Å². The normalized spacial score (nSPS) is 21.1. The number of nitrogens with one attached hydrogen (secondary N) is 1. The van der Waals surface area contributed by atoms with Crippen molar-refractivity contribution in [1.29, 1.82) is 0 Å². The van der Waals surface area contributed by atoms with Gasteiger partial charge in [0.1, 0.15) is 11.4 Å². The summed E-state index contributed by atoms with van der Waals surface area (Å²) in [5.74, 6) is -0.144. The molecule has 0 bridgehead atoms. The average Bonchev–Trinajstić information content (AvgIpc) is 2.59. The van der Waals surface area contributed by atoms with Crippen LogP contribution in [0, 0.1) is 0 Å². The zero-order valence-corrected chi connectivity index (χ0v) is 11.7. The Bertz CT molecular complexity index is 557. The molecule has 1 fully saturated rings. The smallest absolute Gasteiger partial charge is 0.262 e. The van der Waals surface area contributed by atoms with E-state index in [1.165, 1.54) is 12.8 Å². The van der Waals surface area contributed by atoms with Gasteiger partial charge in [-0.3, -0.25) is 14.9 Å². The largest absolute Gasteiger partial charge is 0.487 e. The van der Waals surface area contributed by atoms with Crippen molar-refractivity contribution >= 4 is 11.8 Å². The first-order chi connectivity index (χ1) is 9.59. The summed E-state index contributed by atoms with van der Waals surface area (Å²) in [6.45, 7) is 2.10. The van der Waals surface area contributed by atoms with Crippen molar-refractivity contribution in [3.8, 4) is 5.75 Å². The Labute approximate surface area is 118 Å². The molecule has 2 aliphatic rings. The molecule has 106 valence electrons. The molecule has 1 N–H and O–H groups in total. The van der Waals surface area contributed by atoms with Crippen molar-refractivity contribution in [1.82, 2.24) is 5.32 Å². The van der Waals surface area contributed by atoms with Gasteiger partial charge in [0, 0.05) is 0 Å². The summed E-state index contributed by atoms with van der Waals surface area (Å²) in [7, 11) is 0. The fraction of sp³-hybridized carbons (Fsp3) is 0.500. The minimum absolute atomic E-state index is 0.239. The second-order valence-electron chi connectivity index (χ2n) is 5.93. The number of hydrogen-bond donors (Lipinski definition) is 1. The van der Waals surface area contributed by atoms with E-state index in [1.807, 2.05) is 0 Å². The molecule has 4 heteroatoms. The predicted octanol–water partition coefficient (Wildman–Crippen LogP) is 3.06. The highest BCUT2D eigenvalue weighted by Crippen LogP contribution is 2.35.